The van der Waals surface area contributed by atoms with Gasteiger partial charge in [0.2, 0.25) is 0 Å². The number of hydrogen-bond acceptors (Lipinski definition) is 2. The molecule has 0 unspecified atom stereocenters. The average molecular weight is 369 g/mol. The minimum absolute atomic E-state index is 0.0457. The van der Waals surface area contributed by atoms with Crippen LogP contribution in [0.15, 0.2) is 85.1 Å². The zero-order valence-electron chi connectivity index (χ0n) is 15.2. The van der Waals surface area contributed by atoms with Crippen LogP contribution in [0.3, 0.4) is 0 Å². The third-order valence-electron chi connectivity index (χ3n) is 4.81. The lowest BCUT2D eigenvalue weighted by Crippen LogP contribution is -2.00. The molecule has 0 aliphatic rings. The number of carbonyl (C=O) groups is 2. The Morgan fingerprint density at radius 2 is 1.54 bits per heavy atom. The van der Waals surface area contributed by atoms with Crippen LogP contribution in [0.1, 0.15) is 27.9 Å². The highest BCUT2D eigenvalue weighted by atomic mass is 16.4. The number of aryl methyl sites for hydroxylation is 1. The number of aromatic nitrogens is 1. The van der Waals surface area contributed by atoms with E-state index in [0.717, 1.165) is 22.2 Å². The van der Waals surface area contributed by atoms with Crippen molar-refractivity contribution in [2.75, 3.05) is 0 Å². The molecule has 1 aromatic heterocycles. The van der Waals surface area contributed by atoms with E-state index in [1.807, 2.05) is 89.6 Å². The summed E-state index contributed by atoms with van der Waals surface area (Å²) in [6, 6.07) is 24.9. The minimum atomic E-state index is -0.831. The first-order valence-corrected chi connectivity index (χ1v) is 9.14. The van der Waals surface area contributed by atoms with Crippen LogP contribution in [0.4, 0.5) is 0 Å². The third-order valence-corrected chi connectivity index (χ3v) is 4.81. The molecule has 0 bridgehead atoms. The van der Waals surface area contributed by atoms with Crippen molar-refractivity contribution in [3.63, 3.8) is 0 Å². The van der Waals surface area contributed by atoms with Crippen molar-refractivity contribution in [2.45, 2.75) is 12.8 Å². The molecule has 28 heavy (non-hydrogen) atoms. The monoisotopic (exact) mass is 369 g/mol. The van der Waals surface area contributed by atoms with Gasteiger partial charge in [-0.1, -0.05) is 54.6 Å². The molecule has 0 aliphatic heterocycles. The van der Waals surface area contributed by atoms with Crippen molar-refractivity contribution in [3.8, 4) is 5.69 Å². The van der Waals surface area contributed by atoms with Crippen molar-refractivity contribution in [3.05, 3.63) is 102 Å². The Morgan fingerprint density at radius 3 is 2.21 bits per heavy atom. The van der Waals surface area contributed by atoms with Crippen LogP contribution in [0.5, 0.6) is 0 Å². The minimum Gasteiger partial charge on any atom is -0.481 e. The Balaban J connectivity index is 1.87. The summed E-state index contributed by atoms with van der Waals surface area (Å²) < 4.78 is 2.01. The smallest absolute Gasteiger partial charge is 0.303 e. The lowest BCUT2D eigenvalue weighted by molar-refractivity contribution is -0.136. The summed E-state index contributed by atoms with van der Waals surface area (Å²) in [6.07, 6.45) is 2.37. The number of aliphatic carboxylic acids is 1. The number of carbonyl (C=O) groups excluding carboxylic acids is 1. The average Bonchev–Trinajstić information content (AvgIpc) is 3.12. The van der Waals surface area contributed by atoms with E-state index in [-0.39, 0.29) is 12.2 Å². The fraction of sp³-hybridized carbons (Fsp3) is 0.0833. The first-order chi connectivity index (χ1) is 13.6. The van der Waals surface area contributed by atoms with E-state index in [1.165, 1.54) is 0 Å². The van der Waals surface area contributed by atoms with Crippen LogP contribution < -0.4 is 0 Å². The molecule has 0 fully saturated rings. The topological polar surface area (TPSA) is 59.3 Å². The van der Waals surface area contributed by atoms with Crippen LogP contribution in [-0.2, 0) is 11.2 Å². The van der Waals surface area contributed by atoms with Gasteiger partial charge in [-0.2, -0.15) is 0 Å². The molecule has 0 spiro atoms. The second kappa shape index (κ2) is 7.53. The molecule has 0 saturated heterocycles. The standard InChI is InChI=1S/C24H19NO3/c26-23(27)14-12-17-11-13-22-20(15-17)21(24(28)18-7-3-1-4-8-18)16-25(22)19-9-5-2-6-10-19/h1-11,13,15-16H,12,14H2,(H,26,27). The van der Waals surface area contributed by atoms with E-state index >= 15 is 0 Å². The van der Waals surface area contributed by atoms with Gasteiger partial charge in [-0.05, 0) is 36.2 Å². The van der Waals surface area contributed by atoms with Crippen LogP contribution in [0.25, 0.3) is 16.6 Å². The van der Waals surface area contributed by atoms with E-state index in [2.05, 4.69) is 0 Å². The maximum absolute atomic E-state index is 13.2. The maximum atomic E-state index is 13.2. The van der Waals surface area contributed by atoms with Crippen LogP contribution in [0, 0.1) is 0 Å². The summed E-state index contributed by atoms with van der Waals surface area (Å²) in [4.78, 5) is 24.1. The lowest BCUT2D eigenvalue weighted by atomic mass is 10.0. The number of nitrogens with zero attached hydrogens (tertiary/aromatic N) is 1. The Kier molecular flexibility index (Phi) is 4.77. The number of carboxylic acids is 1. The third kappa shape index (κ3) is 3.45. The molecule has 0 aliphatic carbocycles. The molecule has 3 aromatic carbocycles. The van der Waals surface area contributed by atoms with Crippen molar-refractivity contribution in [1.29, 1.82) is 0 Å². The van der Waals surface area contributed by atoms with E-state index in [4.69, 9.17) is 5.11 Å². The van der Waals surface area contributed by atoms with E-state index < -0.39 is 5.97 Å². The SMILES string of the molecule is O=C(O)CCc1ccc2c(c1)c(C(=O)c1ccccc1)cn2-c1ccccc1. The molecule has 0 amide bonds. The van der Waals surface area contributed by atoms with Gasteiger partial charge in [0.05, 0.1) is 5.52 Å². The molecule has 138 valence electrons. The number of rotatable bonds is 6. The number of carboxylic acid groups (broad SMARTS) is 1. The summed E-state index contributed by atoms with van der Waals surface area (Å²) >= 11 is 0. The highest BCUT2D eigenvalue weighted by Crippen LogP contribution is 2.28. The number of fused-ring (bicyclic) bond motifs is 1. The second-order valence-electron chi connectivity index (χ2n) is 6.69. The van der Waals surface area contributed by atoms with E-state index in [9.17, 15) is 9.59 Å². The van der Waals surface area contributed by atoms with Gasteiger partial charge in [0, 0.05) is 34.8 Å². The van der Waals surface area contributed by atoms with Gasteiger partial charge < -0.3 is 9.67 Å². The van der Waals surface area contributed by atoms with Crippen LogP contribution >= 0.6 is 0 Å². The highest BCUT2D eigenvalue weighted by Gasteiger charge is 2.18. The lowest BCUT2D eigenvalue weighted by Gasteiger charge is -2.06. The van der Waals surface area contributed by atoms with Crippen molar-refractivity contribution in [2.24, 2.45) is 0 Å². The van der Waals surface area contributed by atoms with Gasteiger partial charge in [0.1, 0.15) is 0 Å². The van der Waals surface area contributed by atoms with Gasteiger partial charge in [-0.3, -0.25) is 9.59 Å². The van der Waals surface area contributed by atoms with Gasteiger partial charge >= 0.3 is 5.97 Å². The van der Waals surface area contributed by atoms with Gasteiger partial charge in [-0.15, -0.1) is 0 Å². The predicted molar refractivity (Wildman–Crippen MR) is 109 cm³/mol. The Bertz CT molecular complexity index is 1140. The molecule has 4 nitrogen and oxygen atoms in total. The zero-order valence-corrected chi connectivity index (χ0v) is 15.2. The molecular weight excluding hydrogens is 350 g/mol. The number of ketones is 1. The van der Waals surface area contributed by atoms with E-state index in [1.54, 1.807) is 0 Å². The van der Waals surface area contributed by atoms with Crippen LogP contribution in [0.2, 0.25) is 0 Å². The summed E-state index contributed by atoms with van der Waals surface area (Å²) in [7, 11) is 0. The fourth-order valence-corrected chi connectivity index (χ4v) is 3.41. The maximum Gasteiger partial charge on any atom is 0.303 e. The quantitative estimate of drug-likeness (QED) is 0.493. The number of benzene rings is 3. The molecule has 4 heteroatoms. The number of hydrogen-bond donors (Lipinski definition) is 1. The Morgan fingerprint density at radius 1 is 0.857 bits per heavy atom. The summed E-state index contributed by atoms with van der Waals surface area (Å²) in [5.41, 5.74) is 4.04. The molecular formula is C24H19NO3. The first kappa shape index (κ1) is 17.7. The Labute approximate surface area is 162 Å². The molecule has 1 N–H and O–H groups in total. The second-order valence-corrected chi connectivity index (χ2v) is 6.69. The number of para-hydroxylation sites is 1. The first-order valence-electron chi connectivity index (χ1n) is 9.14. The molecule has 0 saturated carbocycles. The molecule has 4 aromatic rings. The Hall–Kier alpha value is -3.66. The zero-order chi connectivity index (χ0) is 19.5. The largest absolute Gasteiger partial charge is 0.481 e. The van der Waals surface area contributed by atoms with Gasteiger partial charge in [0.25, 0.3) is 0 Å². The summed E-state index contributed by atoms with van der Waals surface area (Å²) in [6.45, 7) is 0. The molecule has 1 heterocycles. The van der Waals surface area contributed by atoms with Crippen molar-refractivity contribution in [1.82, 2.24) is 4.57 Å². The van der Waals surface area contributed by atoms with Gasteiger partial charge in [-0.25, -0.2) is 0 Å². The molecule has 0 radical (unpaired) electrons. The van der Waals surface area contributed by atoms with E-state index in [0.29, 0.717) is 17.5 Å². The van der Waals surface area contributed by atoms with Crippen LogP contribution in [-0.4, -0.2) is 21.4 Å². The molecule has 0 atom stereocenters. The normalized spacial score (nSPS) is 10.9. The summed E-state index contributed by atoms with van der Waals surface area (Å²) in [5, 5.41) is 9.81. The van der Waals surface area contributed by atoms with Gasteiger partial charge in [0.15, 0.2) is 5.78 Å². The van der Waals surface area contributed by atoms with Crippen molar-refractivity contribution < 1.29 is 14.7 Å². The fourth-order valence-electron chi connectivity index (χ4n) is 3.41. The van der Waals surface area contributed by atoms with Crippen molar-refractivity contribution >= 4 is 22.7 Å². The highest BCUT2D eigenvalue weighted by molar-refractivity contribution is 6.16. The predicted octanol–water partition coefficient (Wildman–Crippen LogP) is 4.88. The summed E-state index contributed by atoms with van der Waals surface area (Å²) in [5.74, 6) is -0.877. The molecule has 4 rings (SSSR count).